The average Bonchev–Trinajstić information content (AvgIpc) is 2.67. The molecule has 1 saturated heterocycles. The van der Waals surface area contributed by atoms with Crippen LogP contribution in [0.3, 0.4) is 0 Å². The lowest BCUT2D eigenvalue weighted by atomic mass is 10.1. The number of amides is 1. The predicted octanol–water partition coefficient (Wildman–Crippen LogP) is 0.505. The Bertz CT molecular complexity index is 569. The number of nitrogen functional groups attached to an aromatic ring is 1. The summed E-state index contributed by atoms with van der Waals surface area (Å²) < 4.78 is 22.6. The second-order valence-corrected chi connectivity index (χ2v) is 7.10. The Kier molecular flexibility index (Phi) is 4.09. The van der Waals surface area contributed by atoms with E-state index in [-0.39, 0.29) is 23.5 Å². The van der Waals surface area contributed by atoms with E-state index in [1.165, 1.54) is 0 Å². The van der Waals surface area contributed by atoms with Crippen molar-refractivity contribution in [3.05, 3.63) is 29.8 Å². The summed E-state index contributed by atoms with van der Waals surface area (Å²) in [4.78, 5) is 11.7. The SMILES string of the molecule is Nc1ccccc1CCC(=O)NC1CCS(=O)(=O)C1. The molecule has 0 spiro atoms. The Morgan fingerprint density at radius 2 is 2.11 bits per heavy atom. The van der Waals surface area contributed by atoms with Gasteiger partial charge in [0.25, 0.3) is 0 Å². The van der Waals surface area contributed by atoms with Crippen LogP contribution in [0.4, 0.5) is 5.69 Å². The fourth-order valence-corrected chi connectivity index (χ4v) is 3.89. The molecule has 2 rings (SSSR count). The smallest absolute Gasteiger partial charge is 0.220 e. The summed E-state index contributed by atoms with van der Waals surface area (Å²) in [5.74, 6) is 0.112. The van der Waals surface area contributed by atoms with Crippen molar-refractivity contribution in [2.24, 2.45) is 0 Å². The van der Waals surface area contributed by atoms with E-state index >= 15 is 0 Å². The highest BCUT2D eigenvalue weighted by atomic mass is 32.2. The van der Waals surface area contributed by atoms with Crippen LogP contribution in [0.25, 0.3) is 0 Å². The van der Waals surface area contributed by atoms with Gasteiger partial charge in [-0.05, 0) is 24.5 Å². The number of hydrogen-bond acceptors (Lipinski definition) is 4. The normalized spacial score (nSPS) is 21.2. The molecule has 1 aliphatic rings. The highest BCUT2D eigenvalue weighted by Crippen LogP contribution is 2.14. The van der Waals surface area contributed by atoms with Gasteiger partial charge < -0.3 is 11.1 Å². The van der Waals surface area contributed by atoms with Gasteiger partial charge in [0.2, 0.25) is 5.91 Å². The van der Waals surface area contributed by atoms with E-state index in [9.17, 15) is 13.2 Å². The zero-order valence-electron chi connectivity index (χ0n) is 10.6. The lowest BCUT2D eigenvalue weighted by Gasteiger charge is -2.11. The molecule has 1 amide bonds. The van der Waals surface area contributed by atoms with Crippen LogP contribution in [0.15, 0.2) is 24.3 Å². The van der Waals surface area contributed by atoms with Crippen molar-refractivity contribution in [3.8, 4) is 0 Å². The maximum absolute atomic E-state index is 11.7. The van der Waals surface area contributed by atoms with Crippen molar-refractivity contribution < 1.29 is 13.2 Å². The number of nitrogens with two attached hydrogens (primary N) is 1. The van der Waals surface area contributed by atoms with Gasteiger partial charge in [-0.3, -0.25) is 4.79 Å². The first-order valence-electron chi connectivity index (χ1n) is 6.29. The monoisotopic (exact) mass is 282 g/mol. The molecule has 0 aromatic heterocycles. The largest absolute Gasteiger partial charge is 0.399 e. The number of hydrogen-bond donors (Lipinski definition) is 2. The topological polar surface area (TPSA) is 89.3 Å². The van der Waals surface area contributed by atoms with E-state index in [0.29, 0.717) is 24.9 Å². The Morgan fingerprint density at radius 3 is 2.74 bits per heavy atom. The molecule has 5 nitrogen and oxygen atoms in total. The Hall–Kier alpha value is -1.56. The number of rotatable bonds is 4. The molecule has 6 heteroatoms. The van der Waals surface area contributed by atoms with Gasteiger partial charge in [-0.15, -0.1) is 0 Å². The number of carbonyl (C=O) groups excluding carboxylic acids is 1. The molecule has 1 fully saturated rings. The summed E-state index contributed by atoms with van der Waals surface area (Å²) in [7, 11) is -2.95. The molecule has 19 heavy (non-hydrogen) atoms. The summed E-state index contributed by atoms with van der Waals surface area (Å²) in [6.07, 6.45) is 1.41. The van der Waals surface area contributed by atoms with Gasteiger partial charge >= 0.3 is 0 Å². The standard InChI is InChI=1S/C13H18N2O3S/c14-12-4-2-1-3-10(12)5-6-13(16)15-11-7-8-19(17,18)9-11/h1-4,11H,5-9,14H2,(H,15,16). The van der Waals surface area contributed by atoms with Crippen LogP contribution >= 0.6 is 0 Å². The summed E-state index contributed by atoms with van der Waals surface area (Å²) >= 11 is 0. The van der Waals surface area contributed by atoms with Crippen LogP contribution in [0.2, 0.25) is 0 Å². The van der Waals surface area contributed by atoms with E-state index in [1.54, 1.807) is 6.07 Å². The number of para-hydroxylation sites is 1. The summed E-state index contributed by atoms with van der Waals surface area (Å²) in [5, 5.41) is 2.77. The molecule has 1 heterocycles. The fraction of sp³-hybridized carbons (Fsp3) is 0.462. The molecular weight excluding hydrogens is 264 g/mol. The number of sulfone groups is 1. The van der Waals surface area contributed by atoms with Crippen LogP contribution in [-0.4, -0.2) is 31.9 Å². The molecule has 0 saturated carbocycles. The number of carbonyl (C=O) groups is 1. The van der Waals surface area contributed by atoms with Crippen molar-refractivity contribution in [3.63, 3.8) is 0 Å². The van der Waals surface area contributed by atoms with Crippen molar-refractivity contribution in [2.45, 2.75) is 25.3 Å². The molecule has 0 bridgehead atoms. The molecule has 1 unspecified atom stereocenters. The summed E-state index contributed by atoms with van der Waals surface area (Å²) in [5.41, 5.74) is 7.42. The number of benzene rings is 1. The molecule has 0 aliphatic carbocycles. The maximum Gasteiger partial charge on any atom is 0.220 e. The molecule has 104 valence electrons. The Balaban J connectivity index is 1.81. The lowest BCUT2D eigenvalue weighted by molar-refractivity contribution is -0.121. The van der Waals surface area contributed by atoms with Crippen LogP contribution in [0.5, 0.6) is 0 Å². The number of nitrogens with one attached hydrogen (secondary N) is 1. The van der Waals surface area contributed by atoms with E-state index in [0.717, 1.165) is 5.56 Å². The van der Waals surface area contributed by atoms with Gasteiger partial charge in [-0.25, -0.2) is 8.42 Å². The second kappa shape index (κ2) is 5.61. The van der Waals surface area contributed by atoms with Crippen molar-refractivity contribution >= 4 is 21.4 Å². The minimum atomic E-state index is -2.95. The third-order valence-electron chi connectivity index (χ3n) is 3.27. The first kappa shape index (κ1) is 13.9. The second-order valence-electron chi connectivity index (χ2n) is 4.87. The Labute approximate surface area is 113 Å². The van der Waals surface area contributed by atoms with Gasteiger partial charge in [0.15, 0.2) is 9.84 Å². The fourth-order valence-electron chi connectivity index (χ4n) is 2.22. The number of anilines is 1. The average molecular weight is 282 g/mol. The minimum Gasteiger partial charge on any atom is -0.399 e. The molecular formula is C13H18N2O3S. The van der Waals surface area contributed by atoms with E-state index in [2.05, 4.69) is 5.32 Å². The van der Waals surface area contributed by atoms with Crippen molar-refractivity contribution in [1.82, 2.24) is 5.32 Å². The predicted molar refractivity (Wildman–Crippen MR) is 74.4 cm³/mol. The highest BCUT2D eigenvalue weighted by Gasteiger charge is 2.28. The van der Waals surface area contributed by atoms with Gasteiger partial charge in [0.1, 0.15) is 0 Å². The van der Waals surface area contributed by atoms with Gasteiger partial charge in [-0.2, -0.15) is 0 Å². The van der Waals surface area contributed by atoms with Crippen molar-refractivity contribution in [1.29, 1.82) is 0 Å². The van der Waals surface area contributed by atoms with E-state index < -0.39 is 9.84 Å². The Morgan fingerprint density at radius 1 is 1.37 bits per heavy atom. The van der Waals surface area contributed by atoms with Crippen LogP contribution in [0, 0.1) is 0 Å². The maximum atomic E-state index is 11.7. The lowest BCUT2D eigenvalue weighted by Crippen LogP contribution is -2.35. The van der Waals surface area contributed by atoms with Crippen molar-refractivity contribution in [2.75, 3.05) is 17.2 Å². The van der Waals surface area contributed by atoms with Gasteiger partial charge in [0.05, 0.1) is 11.5 Å². The first-order valence-corrected chi connectivity index (χ1v) is 8.11. The molecule has 0 radical (unpaired) electrons. The zero-order valence-corrected chi connectivity index (χ0v) is 11.4. The minimum absolute atomic E-state index is 0.0617. The molecule has 1 aromatic carbocycles. The van der Waals surface area contributed by atoms with E-state index in [1.807, 2.05) is 18.2 Å². The summed E-state index contributed by atoms with van der Waals surface area (Å²) in [6, 6.07) is 7.19. The summed E-state index contributed by atoms with van der Waals surface area (Å²) in [6.45, 7) is 0. The van der Waals surface area contributed by atoms with Crippen LogP contribution in [-0.2, 0) is 21.1 Å². The molecule has 1 atom stereocenters. The van der Waals surface area contributed by atoms with Gasteiger partial charge in [-0.1, -0.05) is 18.2 Å². The van der Waals surface area contributed by atoms with Gasteiger partial charge in [0, 0.05) is 18.2 Å². The first-order chi connectivity index (χ1) is 8.96. The third kappa shape index (κ3) is 3.96. The highest BCUT2D eigenvalue weighted by molar-refractivity contribution is 7.91. The van der Waals surface area contributed by atoms with Crippen LogP contribution in [0.1, 0.15) is 18.4 Å². The molecule has 3 N–H and O–H groups in total. The third-order valence-corrected chi connectivity index (χ3v) is 5.04. The van der Waals surface area contributed by atoms with E-state index in [4.69, 9.17) is 5.73 Å². The zero-order chi connectivity index (χ0) is 13.9. The molecule has 1 aliphatic heterocycles. The number of aryl methyl sites for hydroxylation is 1. The molecule has 1 aromatic rings. The van der Waals surface area contributed by atoms with Crippen LogP contribution < -0.4 is 11.1 Å². The quantitative estimate of drug-likeness (QED) is 0.787.